The minimum absolute atomic E-state index is 0.0581. The van der Waals surface area contributed by atoms with Crippen molar-refractivity contribution in [2.24, 2.45) is 0 Å². The van der Waals surface area contributed by atoms with Crippen LogP contribution in [0.5, 0.6) is 11.5 Å². The van der Waals surface area contributed by atoms with Crippen molar-refractivity contribution >= 4 is 5.97 Å². The molecule has 0 aliphatic heterocycles. The Morgan fingerprint density at radius 1 is 1.23 bits per heavy atom. The van der Waals surface area contributed by atoms with E-state index in [0.29, 0.717) is 18.4 Å². The van der Waals surface area contributed by atoms with Crippen molar-refractivity contribution in [1.82, 2.24) is 0 Å². The van der Waals surface area contributed by atoms with E-state index in [1.807, 2.05) is 0 Å². The number of methoxy groups -OCH3 is 2. The lowest BCUT2D eigenvalue weighted by Crippen LogP contribution is -2.33. The van der Waals surface area contributed by atoms with Crippen LogP contribution in [0.15, 0.2) is 12.1 Å². The highest BCUT2D eigenvalue weighted by molar-refractivity contribution is 5.82. The first-order valence-electron chi connectivity index (χ1n) is 7.14. The lowest BCUT2D eigenvalue weighted by Gasteiger charge is -2.27. The van der Waals surface area contributed by atoms with E-state index in [0.717, 1.165) is 19.8 Å². The van der Waals surface area contributed by atoms with Crippen molar-refractivity contribution < 1.29 is 28.2 Å². The minimum atomic E-state index is -3.16. The van der Waals surface area contributed by atoms with Crippen LogP contribution in [0.1, 0.15) is 43.7 Å². The molecule has 0 unspecified atom stereocenters. The SMILES string of the molecule is COc1cc(C2(C(=O)O)CCCC2)cc(C(C)(F)F)c1OC. The zero-order chi connectivity index (χ0) is 16.5. The first-order chi connectivity index (χ1) is 10.3. The Morgan fingerprint density at radius 2 is 1.82 bits per heavy atom. The fourth-order valence-corrected chi connectivity index (χ4v) is 3.17. The molecule has 1 fully saturated rings. The Bertz CT molecular complexity index is 572. The predicted octanol–water partition coefficient (Wildman–Crippen LogP) is 3.71. The normalized spacial score (nSPS) is 17.3. The molecule has 0 radical (unpaired) electrons. The molecule has 1 aromatic rings. The molecule has 22 heavy (non-hydrogen) atoms. The maximum absolute atomic E-state index is 13.9. The van der Waals surface area contributed by atoms with Crippen molar-refractivity contribution in [2.45, 2.75) is 43.9 Å². The molecule has 1 N–H and O–H groups in total. The van der Waals surface area contributed by atoms with E-state index in [1.54, 1.807) is 0 Å². The second kappa shape index (κ2) is 5.74. The summed E-state index contributed by atoms with van der Waals surface area (Å²) in [5, 5.41) is 9.64. The first kappa shape index (κ1) is 16.5. The summed E-state index contributed by atoms with van der Waals surface area (Å²) in [6, 6.07) is 2.76. The van der Waals surface area contributed by atoms with E-state index >= 15 is 0 Å². The monoisotopic (exact) mass is 314 g/mol. The highest BCUT2D eigenvalue weighted by Gasteiger charge is 2.45. The molecule has 0 saturated heterocycles. The number of hydrogen-bond acceptors (Lipinski definition) is 3. The number of carboxylic acid groups (broad SMARTS) is 1. The van der Waals surface area contributed by atoms with E-state index in [9.17, 15) is 18.7 Å². The van der Waals surface area contributed by atoms with Crippen LogP contribution in [0, 0.1) is 0 Å². The van der Waals surface area contributed by atoms with Gasteiger partial charge in [0.05, 0.1) is 25.2 Å². The molecule has 1 saturated carbocycles. The Hall–Kier alpha value is -1.85. The van der Waals surface area contributed by atoms with Crippen molar-refractivity contribution in [3.05, 3.63) is 23.3 Å². The largest absolute Gasteiger partial charge is 0.493 e. The van der Waals surface area contributed by atoms with Gasteiger partial charge in [-0.2, -0.15) is 0 Å². The van der Waals surface area contributed by atoms with Gasteiger partial charge >= 0.3 is 5.97 Å². The molecule has 122 valence electrons. The molecule has 2 rings (SSSR count). The van der Waals surface area contributed by atoms with Gasteiger partial charge in [0.1, 0.15) is 0 Å². The summed E-state index contributed by atoms with van der Waals surface area (Å²) in [7, 11) is 2.64. The number of halogens is 2. The summed E-state index contributed by atoms with van der Waals surface area (Å²) in [5.74, 6) is -4.07. The van der Waals surface area contributed by atoms with Crippen LogP contribution in [0.4, 0.5) is 8.78 Å². The van der Waals surface area contributed by atoms with E-state index in [-0.39, 0.29) is 17.1 Å². The number of hydrogen-bond donors (Lipinski definition) is 1. The number of aliphatic carboxylic acids is 1. The van der Waals surface area contributed by atoms with Crippen molar-refractivity contribution in [3.8, 4) is 11.5 Å². The molecule has 1 aliphatic carbocycles. The zero-order valence-corrected chi connectivity index (χ0v) is 12.9. The molecule has 1 aromatic carbocycles. The van der Waals surface area contributed by atoms with Crippen LogP contribution in [0.2, 0.25) is 0 Å². The number of ether oxygens (including phenoxy) is 2. The van der Waals surface area contributed by atoms with Gasteiger partial charge in [0.25, 0.3) is 5.92 Å². The smallest absolute Gasteiger partial charge is 0.314 e. The van der Waals surface area contributed by atoms with Crippen molar-refractivity contribution in [3.63, 3.8) is 0 Å². The number of rotatable bonds is 5. The van der Waals surface area contributed by atoms with E-state index in [2.05, 4.69) is 0 Å². The van der Waals surface area contributed by atoms with Gasteiger partial charge in [0.15, 0.2) is 11.5 Å². The molecular weight excluding hydrogens is 294 g/mol. The highest BCUT2D eigenvalue weighted by atomic mass is 19.3. The van der Waals surface area contributed by atoms with Crippen molar-refractivity contribution in [2.75, 3.05) is 14.2 Å². The lowest BCUT2D eigenvalue weighted by molar-refractivity contribution is -0.143. The van der Waals surface area contributed by atoms with Crippen LogP contribution in [-0.4, -0.2) is 25.3 Å². The second-order valence-corrected chi connectivity index (χ2v) is 5.74. The minimum Gasteiger partial charge on any atom is -0.493 e. The third kappa shape index (κ3) is 2.62. The molecule has 0 aromatic heterocycles. The van der Waals surface area contributed by atoms with E-state index in [1.165, 1.54) is 26.4 Å². The summed E-state index contributed by atoms with van der Waals surface area (Å²) >= 11 is 0. The van der Waals surface area contributed by atoms with Crippen LogP contribution in [0.25, 0.3) is 0 Å². The average Bonchev–Trinajstić information content (AvgIpc) is 2.95. The van der Waals surface area contributed by atoms with Gasteiger partial charge in [-0.3, -0.25) is 4.79 Å². The fraction of sp³-hybridized carbons (Fsp3) is 0.562. The topological polar surface area (TPSA) is 55.8 Å². The van der Waals surface area contributed by atoms with Gasteiger partial charge in [-0.25, -0.2) is 8.78 Å². The van der Waals surface area contributed by atoms with Crippen LogP contribution in [-0.2, 0) is 16.1 Å². The summed E-state index contributed by atoms with van der Waals surface area (Å²) in [4.78, 5) is 11.8. The van der Waals surface area contributed by atoms with Crippen molar-refractivity contribution in [1.29, 1.82) is 0 Å². The molecule has 0 heterocycles. The molecule has 6 heteroatoms. The number of carbonyl (C=O) groups is 1. The lowest BCUT2D eigenvalue weighted by atomic mass is 9.78. The van der Waals surface area contributed by atoms with Crippen LogP contribution >= 0.6 is 0 Å². The molecule has 0 spiro atoms. The molecule has 0 bridgehead atoms. The highest BCUT2D eigenvalue weighted by Crippen LogP contribution is 2.48. The van der Waals surface area contributed by atoms with Gasteiger partial charge in [-0.15, -0.1) is 0 Å². The van der Waals surface area contributed by atoms with Crippen LogP contribution in [0.3, 0.4) is 0 Å². The van der Waals surface area contributed by atoms with Gasteiger partial charge < -0.3 is 14.6 Å². The van der Waals surface area contributed by atoms with Crippen LogP contribution < -0.4 is 9.47 Å². The summed E-state index contributed by atoms with van der Waals surface area (Å²) in [6.07, 6.45) is 2.40. The molecule has 4 nitrogen and oxygen atoms in total. The Balaban J connectivity index is 2.70. The summed E-state index contributed by atoms with van der Waals surface area (Å²) < 4.78 is 38.1. The molecule has 0 atom stereocenters. The van der Waals surface area contributed by atoms with E-state index < -0.39 is 17.3 Å². The average molecular weight is 314 g/mol. The molecule has 1 aliphatic rings. The van der Waals surface area contributed by atoms with E-state index in [4.69, 9.17) is 9.47 Å². The number of carboxylic acids is 1. The van der Waals surface area contributed by atoms with Gasteiger partial charge in [-0.1, -0.05) is 12.8 Å². The maximum atomic E-state index is 13.9. The van der Waals surface area contributed by atoms with Gasteiger partial charge in [0.2, 0.25) is 0 Å². The zero-order valence-electron chi connectivity index (χ0n) is 12.9. The molecular formula is C16H20F2O4. The second-order valence-electron chi connectivity index (χ2n) is 5.74. The Morgan fingerprint density at radius 3 is 2.23 bits per heavy atom. The van der Waals surface area contributed by atoms with Gasteiger partial charge in [0, 0.05) is 6.92 Å². The third-order valence-electron chi connectivity index (χ3n) is 4.37. The first-order valence-corrected chi connectivity index (χ1v) is 7.14. The third-order valence-corrected chi connectivity index (χ3v) is 4.37. The standard InChI is InChI=1S/C16H20F2O4/c1-15(17,18)11-8-10(9-12(21-2)13(11)22-3)16(14(19)20)6-4-5-7-16/h8-9H,4-7H2,1-3H3,(H,19,20). The predicted molar refractivity (Wildman–Crippen MR) is 76.9 cm³/mol. The molecule has 0 amide bonds. The van der Waals surface area contributed by atoms with Gasteiger partial charge in [-0.05, 0) is 30.5 Å². The maximum Gasteiger partial charge on any atom is 0.314 e. The summed E-state index contributed by atoms with van der Waals surface area (Å²) in [6.45, 7) is 0.760. The Labute approximate surface area is 128 Å². The Kier molecular flexibility index (Phi) is 4.31. The quantitative estimate of drug-likeness (QED) is 0.900. The summed E-state index contributed by atoms with van der Waals surface area (Å²) in [5.41, 5.74) is -1.12. The number of benzene rings is 1. The fourth-order valence-electron chi connectivity index (χ4n) is 3.17. The number of alkyl halides is 2.